The summed E-state index contributed by atoms with van der Waals surface area (Å²) in [4.78, 5) is 27.8. The first-order chi connectivity index (χ1) is 14.5. The molecule has 1 atom stereocenters. The van der Waals surface area contributed by atoms with E-state index < -0.39 is 17.9 Å². The van der Waals surface area contributed by atoms with Crippen LogP contribution in [-0.2, 0) is 10.7 Å². The second kappa shape index (κ2) is 8.68. The van der Waals surface area contributed by atoms with Gasteiger partial charge < -0.3 is 15.7 Å². The van der Waals surface area contributed by atoms with E-state index in [1.54, 1.807) is 38.1 Å². The zero-order valence-corrected chi connectivity index (χ0v) is 17.4. The molecule has 0 saturated heterocycles. The molecule has 3 N–H and O–H groups in total. The summed E-state index contributed by atoms with van der Waals surface area (Å²) in [6.45, 7) is 5.26. The predicted octanol–water partition coefficient (Wildman–Crippen LogP) is 4.11. The molecule has 0 aliphatic carbocycles. The Morgan fingerprint density at radius 2 is 1.90 bits per heavy atom. The number of aliphatic hydroxyl groups excluding tert-OH is 1. The molecule has 8 nitrogen and oxygen atoms in total. The normalized spacial score (nSPS) is 12.4. The number of alkyl halides is 2. The van der Waals surface area contributed by atoms with E-state index in [9.17, 15) is 18.7 Å². The van der Waals surface area contributed by atoms with E-state index in [1.807, 2.05) is 0 Å². The Morgan fingerprint density at radius 3 is 2.55 bits per heavy atom. The van der Waals surface area contributed by atoms with Gasteiger partial charge in [0, 0.05) is 43.4 Å². The minimum absolute atomic E-state index is 0.150. The highest BCUT2D eigenvalue weighted by molar-refractivity contribution is 5.89. The van der Waals surface area contributed by atoms with Crippen LogP contribution in [0.3, 0.4) is 0 Å². The molecule has 0 aliphatic rings. The maximum Gasteiger partial charge on any atom is 0.303 e. The van der Waals surface area contributed by atoms with Crippen molar-refractivity contribution < 1.29 is 18.7 Å². The largest absolute Gasteiger partial charge is 0.387 e. The number of aliphatic hydroxyl groups is 1. The number of halogens is 2. The van der Waals surface area contributed by atoms with Crippen LogP contribution < -0.4 is 10.6 Å². The van der Waals surface area contributed by atoms with Crippen LogP contribution in [-0.4, -0.2) is 30.9 Å². The highest BCUT2D eigenvalue weighted by Gasteiger charge is 2.29. The van der Waals surface area contributed by atoms with Crippen molar-refractivity contribution in [1.82, 2.24) is 19.9 Å². The first-order valence-electron chi connectivity index (χ1n) is 9.47. The molecule has 3 aromatic rings. The number of hydrogen-bond acceptors (Lipinski definition) is 7. The van der Waals surface area contributed by atoms with Gasteiger partial charge in [0.15, 0.2) is 0 Å². The number of amides is 1. The number of nitrogens with one attached hydrogen (secondary N) is 2. The Bertz CT molecular complexity index is 1120. The van der Waals surface area contributed by atoms with Gasteiger partial charge in [0.05, 0.1) is 23.2 Å². The molecule has 0 spiro atoms. The first kappa shape index (κ1) is 22.2. The molecule has 0 fully saturated rings. The zero-order valence-electron chi connectivity index (χ0n) is 17.4. The summed E-state index contributed by atoms with van der Waals surface area (Å²) in [5.74, 6) is -3.72. The molecule has 0 aromatic carbocycles. The third kappa shape index (κ3) is 5.54. The van der Waals surface area contributed by atoms with Crippen LogP contribution in [0.15, 0.2) is 36.5 Å². The lowest BCUT2D eigenvalue weighted by atomic mass is 10.1. The minimum Gasteiger partial charge on any atom is -0.387 e. The number of carbonyl (C=O) groups excluding carboxylic acids is 1. The molecule has 10 heteroatoms. The molecule has 3 aromatic heterocycles. The molecular formula is C21H22F2N6O2. The molecular weight excluding hydrogens is 406 g/mol. The van der Waals surface area contributed by atoms with Crippen LogP contribution in [0.5, 0.6) is 0 Å². The van der Waals surface area contributed by atoms with Crippen molar-refractivity contribution >= 4 is 23.2 Å². The topological polar surface area (TPSA) is 113 Å². The fourth-order valence-electron chi connectivity index (χ4n) is 2.81. The number of hydrogen-bond donors (Lipinski definition) is 3. The van der Waals surface area contributed by atoms with Crippen molar-refractivity contribution in [3.8, 4) is 11.3 Å². The van der Waals surface area contributed by atoms with Gasteiger partial charge >= 0.3 is 5.92 Å². The van der Waals surface area contributed by atoms with Crippen LogP contribution in [0.25, 0.3) is 11.3 Å². The highest BCUT2D eigenvalue weighted by Crippen LogP contribution is 2.32. The van der Waals surface area contributed by atoms with Crippen molar-refractivity contribution in [2.45, 2.75) is 39.7 Å². The van der Waals surface area contributed by atoms with E-state index in [0.717, 1.165) is 6.92 Å². The molecule has 3 rings (SSSR count). The lowest BCUT2D eigenvalue weighted by molar-refractivity contribution is -0.114. The Hall–Kier alpha value is -3.53. The Balaban J connectivity index is 2.10. The smallest absolute Gasteiger partial charge is 0.303 e. The monoisotopic (exact) mass is 428 g/mol. The van der Waals surface area contributed by atoms with Crippen LogP contribution in [0.1, 0.15) is 44.1 Å². The molecule has 0 aliphatic heterocycles. The summed E-state index contributed by atoms with van der Waals surface area (Å²) in [5.41, 5.74) is 2.27. The molecule has 0 unspecified atom stereocenters. The fourth-order valence-corrected chi connectivity index (χ4v) is 2.81. The first-order valence-corrected chi connectivity index (χ1v) is 9.47. The van der Waals surface area contributed by atoms with Crippen LogP contribution in [0.2, 0.25) is 0 Å². The second-order valence-electron chi connectivity index (χ2n) is 7.15. The van der Waals surface area contributed by atoms with Gasteiger partial charge in [-0.25, -0.2) is 19.9 Å². The third-order valence-corrected chi connectivity index (χ3v) is 4.19. The number of nitrogens with zero attached hydrogens (tertiary/aromatic N) is 4. The lowest BCUT2D eigenvalue weighted by Crippen LogP contribution is -2.14. The SMILES string of the molecule is CC(=O)Nc1cc(Nc2cc(C)nc(C(C)(F)F)n2)c(-c2cccc([C@H](C)O)n2)cn1. The lowest BCUT2D eigenvalue weighted by Gasteiger charge is -2.16. The van der Waals surface area contributed by atoms with E-state index in [2.05, 4.69) is 30.6 Å². The standard InChI is InChI=1S/C21H22F2N6O2/c1-11-8-19(29-20(25-11)21(4,22)23)28-17-9-18(26-13(3)31)24-10-14(17)16-7-5-6-15(27-16)12(2)30/h5-10,12,30H,1-4H3,(H2,24,25,26,28,29,31)/t12-/m0/s1. The Labute approximate surface area is 177 Å². The van der Waals surface area contributed by atoms with Crippen LogP contribution in [0.4, 0.5) is 26.1 Å². The number of rotatable bonds is 6. The number of carbonyl (C=O) groups is 1. The van der Waals surface area contributed by atoms with Gasteiger partial charge in [-0.3, -0.25) is 4.79 Å². The van der Waals surface area contributed by atoms with Crippen LogP contribution in [0, 0.1) is 6.92 Å². The van der Waals surface area contributed by atoms with Gasteiger partial charge in [-0.2, -0.15) is 8.78 Å². The quantitative estimate of drug-likeness (QED) is 0.541. The Kier molecular flexibility index (Phi) is 6.21. The third-order valence-electron chi connectivity index (χ3n) is 4.19. The summed E-state index contributed by atoms with van der Waals surface area (Å²) in [5, 5.41) is 15.4. The maximum atomic E-state index is 13.8. The van der Waals surface area contributed by atoms with E-state index in [0.29, 0.717) is 28.3 Å². The summed E-state index contributed by atoms with van der Waals surface area (Å²) in [7, 11) is 0. The summed E-state index contributed by atoms with van der Waals surface area (Å²) < 4.78 is 27.6. The van der Waals surface area contributed by atoms with E-state index in [1.165, 1.54) is 19.2 Å². The maximum absolute atomic E-state index is 13.8. The average molecular weight is 428 g/mol. The van der Waals surface area contributed by atoms with Crippen LogP contribution >= 0.6 is 0 Å². The molecule has 0 radical (unpaired) electrons. The minimum atomic E-state index is -3.21. The number of aromatic nitrogens is 4. The van der Waals surface area contributed by atoms with E-state index in [-0.39, 0.29) is 17.5 Å². The van der Waals surface area contributed by atoms with Crippen molar-refractivity contribution in [3.05, 3.63) is 53.7 Å². The van der Waals surface area contributed by atoms with Crippen molar-refractivity contribution in [1.29, 1.82) is 0 Å². The summed E-state index contributed by atoms with van der Waals surface area (Å²) in [6, 6.07) is 8.22. The number of anilines is 3. The molecule has 1 amide bonds. The molecule has 3 heterocycles. The highest BCUT2D eigenvalue weighted by atomic mass is 19.3. The predicted molar refractivity (Wildman–Crippen MR) is 112 cm³/mol. The molecule has 31 heavy (non-hydrogen) atoms. The molecule has 162 valence electrons. The molecule has 0 bridgehead atoms. The van der Waals surface area contributed by atoms with Crippen molar-refractivity contribution in [2.75, 3.05) is 10.6 Å². The van der Waals surface area contributed by atoms with Gasteiger partial charge in [0.25, 0.3) is 0 Å². The average Bonchev–Trinajstić information content (AvgIpc) is 2.66. The van der Waals surface area contributed by atoms with Crippen molar-refractivity contribution in [3.63, 3.8) is 0 Å². The van der Waals surface area contributed by atoms with E-state index >= 15 is 0 Å². The summed E-state index contributed by atoms with van der Waals surface area (Å²) in [6.07, 6.45) is 0.715. The van der Waals surface area contributed by atoms with Gasteiger partial charge in [0.1, 0.15) is 11.6 Å². The van der Waals surface area contributed by atoms with Gasteiger partial charge in [-0.1, -0.05) is 6.07 Å². The number of pyridine rings is 2. The van der Waals surface area contributed by atoms with Crippen molar-refractivity contribution in [2.24, 2.45) is 0 Å². The molecule has 0 saturated carbocycles. The fraction of sp³-hybridized carbons (Fsp3) is 0.286. The number of aryl methyl sites for hydroxylation is 1. The Morgan fingerprint density at radius 1 is 1.16 bits per heavy atom. The van der Waals surface area contributed by atoms with E-state index in [4.69, 9.17) is 0 Å². The second-order valence-corrected chi connectivity index (χ2v) is 7.15. The van der Waals surface area contributed by atoms with Gasteiger partial charge in [-0.05, 0) is 26.0 Å². The van der Waals surface area contributed by atoms with Gasteiger partial charge in [-0.15, -0.1) is 0 Å². The van der Waals surface area contributed by atoms with Gasteiger partial charge in [0.2, 0.25) is 11.7 Å². The zero-order chi connectivity index (χ0) is 22.8. The summed E-state index contributed by atoms with van der Waals surface area (Å²) >= 11 is 0.